The molecular weight excluding hydrogens is 382 g/mol. The second kappa shape index (κ2) is 13.5. The quantitative estimate of drug-likeness (QED) is 0.265. The summed E-state index contributed by atoms with van der Waals surface area (Å²) in [5.41, 5.74) is 1.10. The van der Waals surface area contributed by atoms with E-state index >= 15 is 0 Å². The number of hydrogen-bond donors (Lipinski definition) is 4. The van der Waals surface area contributed by atoms with E-state index in [1.165, 1.54) is 0 Å². The summed E-state index contributed by atoms with van der Waals surface area (Å²) in [6.45, 7) is 12.5. The molecule has 0 heterocycles. The zero-order valence-electron chi connectivity index (χ0n) is 18.9. The molecule has 1 rings (SSSR count). The van der Waals surface area contributed by atoms with Gasteiger partial charge in [-0.15, -0.1) is 0 Å². The molecule has 0 bridgehead atoms. The molecule has 0 saturated heterocycles. The SMILES string of the molecule is CCCNC(=O)c1cccc(CN=C(NCC)NCCCNC(=O)OC(C)(C)C)c1. The van der Waals surface area contributed by atoms with Gasteiger partial charge in [0.2, 0.25) is 0 Å². The van der Waals surface area contributed by atoms with E-state index in [-0.39, 0.29) is 5.91 Å². The molecule has 30 heavy (non-hydrogen) atoms. The van der Waals surface area contributed by atoms with Crippen molar-refractivity contribution in [2.24, 2.45) is 4.99 Å². The Bertz CT molecular complexity index is 698. The van der Waals surface area contributed by atoms with E-state index in [1.54, 1.807) is 6.07 Å². The Morgan fingerprint density at radius 1 is 1.00 bits per heavy atom. The number of benzene rings is 1. The van der Waals surface area contributed by atoms with Crippen molar-refractivity contribution in [2.75, 3.05) is 26.2 Å². The first-order valence-corrected chi connectivity index (χ1v) is 10.6. The minimum absolute atomic E-state index is 0.0646. The molecule has 8 nitrogen and oxygen atoms in total. The molecule has 0 aromatic heterocycles. The fraction of sp³-hybridized carbons (Fsp3) is 0.591. The highest BCUT2D eigenvalue weighted by molar-refractivity contribution is 5.94. The normalized spacial score (nSPS) is 11.6. The first-order valence-electron chi connectivity index (χ1n) is 10.6. The second-order valence-electron chi connectivity index (χ2n) is 7.86. The number of carbonyl (C=O) groups excluding carboxylic acids is 2. The summed E-state index contributed by atoms with van der Waals surface area (Å²) in [5, 5.41) is 12.1. The maximum atomic E-state index is 12.1. The molecule has 4 N–H and O–H groups in total. The number of hydrogen-bond acceptors (Lipinski definition) is 4. The average Bonchev–Trinajstić information content (AvgIpc) is 2.68. The molecule has 1 aromatic carbocycles. The van der Waals surface area contributed by atoms with Crippen LogP contribution in [0.2, 0.25) is 0 Å². The van der Waals surface area contributed by atoms with Crippen LogP contribution in [0.15, 0.2) is 29.3 Å². The van der Waals surface area contributed by atoms with Crippen molar-refractivity contribution in [3.63, 3.8) is 0 Å². The van der Waals surface area contributed by atoms with Crippen LogP contribution in [0.5, 0.6) is 0 Å². The van der Waals surface area contributed by atoms with E-state index in [9.17, 15) is 9.59 Å². The minimum Gasteiger partial charge on any atom is -0.444 e. The van der Waals surface area contributed by atoms with Crippen molar-refractivity contribution in [3.05, 3.63) is 35.4 Å². The summed E-state index contributed by atoms with van der Waals surface area (Å²) < 4.78 is 5.20. The van der Waals surface area contributed by atoms with Gasteiger partial charge in [0.05, 0.1) is 6.54 Å². The van der Waals surface area contributed by atoms with Crippen LogP contribution in [0.1, 0.15) is 63.4 Å². The lowest BCUT2D eigenvalue weighted by atomic mass is 10.1. The van der Waals surface area contributed by atoms with Crippen molar-refractivity contribution in [3.8, 4) is 0 Å². The van der Waals surface area contributed by atoms with Crippen LogP contribution in [0.4, 0.5) is 4.79 Å². The van der Waals surface area contributed by atoms with Crippen LogP contribution in [-0.2, 0) is 11.3 Å². The Morgan fingerprint density at radius 2 is 1.73 bits per heavy atom. The molecule has 1 aromatic rings. The van der Waals surface area contributed by atoms with E-state index in [1.807, 2.05) is 52.8 Å². The molecule has 0 atom stereocenters. The number of aliphatic imine (C=N–C) groups is 1. The molecule has 8 heteroatoms. The molecule has 0 fully saturated rings. The number of ether oxygens (including phenoxy) is 1. The number of alkyl carbamates (subject to hydrolysis) is 1. The number of nitrogens with one attached hydrogen (secondary N) is 4. The summed E-state index contributed by atoms with van der Waals surface area (Å²) in [5.74, 6) is 0.626. The lowest BCUT2D eigenvalue weighted by Crippen LogP contribution is -2.39. The van der Waals surface area contributed by atoms with E-state index in [2.05, 4.69) is 26.3 Å². The van der Waals surface area contributed by atoms with Gasteiger partial charge in [0.15, 0.2) is 5.96 Å². The van der Waals surface area contributed by atoms with E-state index < -0.39 is 11.7 Å². The number of amides is 2. The standard InChI is InChI=1S/C22H37N5O3/c1-6-12-24-19(28)18-11-8-10-17(15-18)16-27-20(23-7-2)25-13-9-14-26-21(29)30-22(3,4)5/h8,10-11,15H,6-7,9,12-14,16H2,1-5H3,(H,24,28)(H,26,29)(H2,23,25,27). The van der Waals surface area contributed by atoms with Crippen molar-refractivity contribution in [2.45, 2.75) is 59.6 Å². The van der Waals surface area contributed by atoms with Gasteiger partial charge in [0.25, 0.3) is 5.91 Å². The van der Waals surface area contributed by atoms with E-state index in [4.69, 9.17) is 4.74 Å². The Hall–Kier alpha value is -2.77. The molecule has 0 aliphatic carbocycles. The third-order valence-electron chi connectivity index (χ3n) is 3.80. The Balaban J connectivity index is 2.49. The van der Waals surface area contributed by atoms with Crippen LogP contribution in [-0.4, -0.2) is 49.7 Å². The summed E-state index contributed by atoms with van der Waals surface area (Å²) in [7, 11) is 0. The molecule has 0 aliphatic heterocycles. The monoisotopic (exact) mass is 419 g/mol. The fourth-order valence-electron chi connectivity index (χ4n) is 2.46. The van der Waals surface area contributed by atoms with Crippen LogP contribution in [0, 0.1) is 0 Å². The average molecular weight is 420 g/mol. The molecular formula is C22H37N5O3. The third-order valence-corrected chi connectivity index (χ3v) is 3.80. The molecule has 0 spiro atoms. The van der Waals surface area contributed by atoms with Gasteiger partial charge >= 0.3 is 6.09 Å². The van der Waals surface area contributed by atoms with Crippen molar-refractivity contribution >= 4 is 18.0 Å². The van der Waals surface area contributed by atoms with Crippen molar-refractivity contribution < 1.29 is 14.3 Å². The van der Waals surface area contributed by atoms with Crippen LogP contribution < -0.4 is 21.3 Å². The lowest BCUT2D eigenvalue weighted by molar-refractivity contribution is 0.0527. The van der Waals surface area contributed by atoms with Gasteiger partial charge in [-0.25, -0.2) is 9.79 Å². The minimum atomic E-state index is -0.499. The van der Waals surface area contributed by atoms with E-state index in [0.29, 0.717) is 37.7 Å². The zero-order valence-corrected chi connectivity index (χ0v) is 18.9. The number of rotatable bonds is 10. The van der Waals surface area contributed by atoms with Crippen molar-refractivity contribution in [1.29, 1.82) is 0 Å². The Morgan fingerprint density at radius 3 is 2.40 bits per heavy atom. The first-order chi connectivity index (χ1) is 14.2. The zero-order chi connectivity index (χ0) is 22.4. The van der Waals surface area contributed by atoms with Crippen LogP contribution in [0.25, 0.3) is 0 Å². The Kier molecular flexibility index (Phi) is 11.3. The maximum absolute atomic E-state index is 12.1. The van der Waals surface area contributed by atoms with Crippen molar-refractivity contribution in [1.82, 2.24) is 21.3 Å². The number of guanidine groups is 1. The van der Waals surface area contributed by atoms with Gasteiger partial charge in [-0.05, 0) is 58.2 Å². The first kappa shape index (κ1) is 25.3. The molecule has 0 radical (unpaired) electrons. The highest BCUT2D eigenvalue weighted by Gasteiger charge is 2.15. The fourth-order valence-corrected chi connectivity index (χ4v) is 2.46. The smallest absolute Gasteiger partial charge is 0.407 e. The van der Waals surface area contributed by atoms with Gasteiger partial charge < -0.3 is 26.0 Å². The summed E-state index contributed by atoms with van der Waals surface area (Å²) >= 11 is 0. The maximum Gasteiger partial charge on any atom is 0.407 e. The molecule has 0 saturated carbocycles. The molecule has 2 amide bonds. The van der Waals surface area contributed by atoms with Gasteiger partial charge in [-0.3, -0.25) is 4.79 Å². The summed E-state index contributed by atoms with van der Waals surface area (Å²) in [6.07, 6.45) is 1.23. The highest BCUT2D eigenvalue weighted by atomic mass is 16.6. The van der Waals surface area contributed by atoms with Crippen LogP contribution in [0.3, 0.4) is 0 Å². The van der Waals surface area contributed by atoms with Gasteiger partial charge in [-0.2, -0.15) is 0 Å². The van der Waals surface area contributed by atoms with Gasteiger partial charge in [-0.1, -0.05) is 19.1 Å². The summed E-state index contributed by atoms with van der Waals surface area (Å²) in [6, 6.07) is 7.49. The summed E-state index contributed by atoms with van der Waals surface area (Å²) in [4.78, 5) is 28.3. The Labute approximate surface area is 180 Å². The lowest BCUT2D eigenvalue weighted by Gasteiger charge is -2.19. The number of nitrogens with zero attached hydrogens (tertiary/aromatic N) is 1. The molecule has 168 valence electrons. The highest BCUT2D eigenvalue weighted by Crippen LogP contribution is 2.07. The second-order valence-corrected chi connectivity index (χ2v) is 7.86. The predicted molar refractivity (Wildman–Crippen MR) is 121 cm³/mol. The number of carbonyl (C=O) groups is 2. The van der Waals surface area contributed by atoms with Gasteiger partial charge in [0.1, 0.15) is 5.60 Å². The third kappa shape index (κ3) is 11.3. The van der Waals surface area contributed by atoms with Gasteiger partial charge in [0, 0.05) is 31.7 Å². The predicted octanol–water partition coefficient (Wildman–Crippen LogP) is 2.80. The topological polar surface area (TPSA) is 104 Å². The van der Waals surface area contributed by atoms with Crippen LogP contribution >= 0.6 is 0 Å². The largest absolute Gasteiger partial charge is 0.444 e. The van der Waals surface area contributed by atoms with E-state index in [0.717, 1.165) is 24.9 Å². The molecule has 0 aliphatic rings. The molecule has 0 unspecified atom stereocenters.